The lowest BCUT2D eigenvalue weighted by Gasteiger charge is -2.12. The van der Waals surface area contributed by atoms with Crippen molar-refractivity contribution in [2.75, 3.05) is 19.5 Å². The highest BCUT2D eigenvalue weighted by molar-refractivity contribution is 7.80. The molecule has 5 nitrogen and oxygen atoms in total. The molecule has 0 saturated carbocycles. The molecule has 0 saturated heterocycles. The van der Waals surface area contributed by atoms with Gasteiger partial charge in [0, 0.05) is 11.8 Å². The molecule has 1 amide bonds. The van der Waals surface area contributed by atoms with Crippen molar-refractivity contribution in [2.24, 2.45) is 0 Å². The van der Waals surface area contributed by atoms with E-state index in [1.807, 2.05) is 0 Å². The number of benzene rings is 2. The molecule has 120 valence electrons. The zero-order valence-corrected chi connectivity index (χ0v) is 13.4. The van der Waals surface area contributed by atoms with Gasteiger partial charge in [-0.05, 0) is 48.6 Å². The van der Waals surface area contributed by atoms with E-state index in [0.717, 1.165) is 0 Å². The summed E-state index contributed by atoms with van der Waals surface area (Å²) in [4.78, 5) is 12.3. The molecule has 0 bridgehead atoms. The number of anilines is 1. The van der Waals surface area contributed by atoms with Crippen LogP contribution in [0.25, 0.3) is 0 Å². The summed E-state index contributed by atoms with van der Waals surface area (Å²) in [6, 6.07) is 10.4. The summed E-state index contributed by atoms with van der Waals surface area (Å²) in [7, 11) is 2.98. The Labute approximate surface area is 138 Å². The van der Waals surface area contributed by atoms with Crippen LogP contribution in [0, 0.1) is 5.82 Å². The second kappa shape index (κ2) is 7.55. The fourth-order valence-electron chi connectivity index (χ4n) is 1.85. The van der Waals surface area contributed by atoms with E-state index in [1.54, 1.807) is 18.2 Å². The summed E-state index contributed by atoms with van der Waals surface area (Å²) in [6.07, 6.45) is 0. The van der Waals surface area contributed by atoms with Crippen LogP contribution >= 0.6 is 12.2 Å². The number of nitrogens with one attached hydrogen (secondary N) is 2. The van der Waals surface area contributed by atoms with Gasteiger partial charge in [-0.15, -0.1) is 0 Å². The molecule has 0 atom stereocenters. The van der Waals surface area contributed by atoms with Crippen LogP contribution in [0.1, 0.15) is 10.4 Å². The van der Waals surface area contributed by atoms with Crippen LogP contribution in [0.5, 0.6) is 11.5 Å². The Morgan fingerprint density at radius 1 is 1.09 bits per heavy atom. The van der Waals surface area contributed by atoms with Crippen LogP contribution in [0.3, 0.4) is 0 Å². The van der Waals surface area contributed by atoms with Crippen molar-refractivity contribution in [3.63, 3.8) is 0 Å². The van der Waals surface area contributed by atoms with Crippen LogP contribution in [0.4, 0.5) is 10.1 Å². The molecule has 23 heavy (non-hydrogen) atoms. The largest absolute Gasteiger partial charge is 0.497 e. The number of hydrogen-bond donors (Lipinski definition) is 2. The van der Waals surface area contributed by atoms with Gasteiger partial charge in [-0.3, -0.25) is 10.1 Å². The van der Waals surface area contributed by atoms with Crippen molar-refractivity contribution >= 4 is 28.9 Å². The lowest BCUT2D eigenvalue weighted by molar-refractivity contribution is 0.0974. The van der Waals surface area contributed by atoms with Crippen LogP contribution in [-0.2, 0) is 0 Å². The number of amides is 1. The third-order valence-corrected chi connectivity index (χ3v) is 3.19. The summed E-state index contributed by atoms with van der Waals surface area (Å²) in [5.41, 5.74) is 0.884. The van der Waals surface area contributed by atoms with Gasteiger partial charge in [-0.1, -0.05) is 0 Å². The van der Waals surface area contributed by atoms with Crippen molar-refractivity contribution in [2.45, 2.75) is 0 Å². The maximum Gasteiger partial charge on any atom is 0.261 e. The van der Waals surface area contributed by atoms with Gasteiger partial charge in [-0.2, -0.15) is 0 Å². The predicted molar refractivity (Wildman–Crippen MR) is 89.6 cm³/mol. The molecule has 7 heteroatoms. The first-order chi connectivity index (χ1) is 11.0. The maximum absolute atomic E-state index is 12.8. The van der Waals surface area contributed by atoms with Crippen LogP contribution in [-0.4, -0.2) is 25.2 Å². The number of hydrogen-bond acceptors (Lipinski definition) is 4. The Bertz CT molecular complexity index is 720. The van der Waals surface area contributed by atoms with Crippen LogP contribution in [0.2, 0.25) is 0 Å². The zero-order chi connectivity index (χ0) is 16.8. The molecule has 0 aliphatic rings. The molecular weight excluding hydrogens is 319 g/mol. The van der Waals surface area contributed by atoms with E-state index in [0.29, 0.717) is 22.7 Å². The number of methoxy groups -OCH3 is 2. The fourth-order valence-corrected chi connectivity index (χ4v) is 2.06. The van der Waals surface area contributed by atoms with Crippen molar-refractivity contribution in [1.29, 1.82) is 0 Å². The number of rotatable bonds is 4. The third kappa shape index (κ3) is 4.40. The summed E-state index contributed by atoms with van der Waals surface area (Å²) in [5.74, 6) is 0.162. The van der Waals surface area contributed by atoms with Crippen molar-refractivity contribution < 1.29 is 18.7 Å². The minimum absolute atomic E-state index is 0.0967. The van der Waals surface area contributed by atoms with Crippen molar-refractivity contribution in [3.05, 3.63) is 53.8 Å². The molecule has 0 aromatic heterocycles. The molecule has 0 unspecified atom stereocenters. The summed E-state index contributed by atoms with van der Waals surface area (Å²) >= 11 is 5.07. The average molecular weight is 334 g/mol. The lowest BCUT2D eigenvalue weighted by atomic mass is 10.2. The topological polar surface area (TPSA) is 59.6 Å². The van der Waals surface area contributed by atoms with Crippen molar-refractivity contribution in [1.82, 2.24) is 5.32 Å². The Kier molecular flexibility index (Phi) is 5.48. The Morgan fingerprint density at radius 3 is 2.39 bits per heavy atom. The summed E-state index contributed by atoms with van der Waals surface area (Å²) in [5, 5.41) is 5.43. The van der Waals surface area contributed by atoms with Gasteiger partial charge in [0.1, 0.15) is 17.3 Å². The van der Waals surface area contributed by atoms with E-state index >= 15 is 0 Å². The smallest absolute Gasteiger partial charge is 0.261 e. The summed E-state index contributed by atoms with van der Waals surface area (Å²) < 4.78 is 23.1. The molecule has 2 rings (SSSR count). The van der Waals surface area contributed by atoms with Gasteiger partial charge in [0.2, 0.25) is 0 Å². The minimum atomic E-state index is -0.427. The molecule has 2 aromatic carbocycles. The first-order valence-corrected chi connectivity index (χ1v) is 7.04. The summed E-state index contributed by atoms with van der Waals surface area (Å²) in [6.45, 7) is 0. The van der Waals surface area contributed by atoms with E-state index in [-0.39, 0.29) is 10.9 Å². The maximum atomic E-state index is 12.8. The monoisotopic (exact) mass is 334 g/mol. The Morgan fingerprint density at radius 2 is 1.78 bits per heavy atom. The highest BCUT2D eigenvalue weighted by Gasteiger charge is 2.14. The second-order valence-corrected chi connectivity index (χ2v) is 4.89. The van der Waals surface area contributed by atoms with Gasteiger partial charge in [0.15, 0.2) is 5.11 Å². The van der Waals surface area contributed by atoms with E-state index in [9.17, 15) is 9.18 Å². The number of halogens is 1. The molecular formula is C16H15FN2O3S. The minimum Gasteiger partial charge on any atom is -0.497 e. The first kappa shape index (κ1) is 16.7. The van der Waals surface area contributed by atoms with Gasteiger partial charge in [0.05, 0.1) is 19.8 Å². The van der Waals surface area contributed by atoms with Crippen LogP contribution in [0.15, 0.2) is 42.5 Å². The number of carbonyl (C=O) groups excluding carboxylic acids is 1. The normalized spacial score (nSPS) is 9.87. The van der Waals surface area contributed by atoms with Gasteiger partial charge < -0.3 is 14.8 Å². The first-order valence-electron chi connectivity index (χ1n) is 6.63. The molecule has 0 fully saturated rings. The Balaban J connectivity index is 2.06. The van der Waals surface area contributed by atoms with Gasteiger partial charge >= 0.3 is 0 Å². The van der Waals surface area contributed by atoms with E-state index < -0.39 is 5.91 Å². The molecule has 0 spiro atoms. The second-order valence-electron chi connectivity index (χ2n) is 4.48. The number of ether oxygens (including phenoxy) is 2. The highest BCUT2D eigenvalue weighted by atomic mass is 32.1. The number of thiocarbonyl (C=S) groups is 1. The van der Waals surface area contributed by atoms with E-state index in [1.165, 1.54) is 38.5 Å². The molecule has 0 aliphatic heterocycles. The predicted octanol–water partition coefficient (Wildman–Crippen LogP) is 2.97. The van der Waals surface area contributed by atoms with Crippen LogP contribution < -0.4 is 20.1 Å². The standard InChI is InChI=1S/C16H15FN2O3S/c1-21-12-7-8-13(14(9-12)22-2)15(20)19-16(23)18-11-5-3-10(17)4-6-11/h3-9H,1-2H3,(H2,18,19,20,23). The van der Waals surface area contributed by atoms with E-state index in [2.05, 4.69) is 10.6 Å². The SMILES string of the molecule is COc1ccc(C(=O)NC(=S)Nc2ccc(F)cc2)c(OC)c1. The highest BCUT2D eigenvalue weighted by Crippen LogP contribution is 2.24. The lowest BCUT2D eigenvalue weighted by Crippen LogP contribution is -2.34. The quantitative estimate of drug-likeness (QED) is 0.842. The van der Waals surface area contributed by atoms with Crippen molar-refractivity contribution in [3.8, 4) is 11.5 Å². The molecule has 2 aromatic rings. The molecule has 0 radical (unpaired) electrons. The van der Waals surface area contributed by atoms with Gasteiger partial charge in [0.25, 0.3) is 5.91 Å². The average Bonchev–Trinajstić information content (AvgIpc) is 2.56. The zero-order valence-electron chi connectivity index (χ0n) is 12.6. The molecule has 0 aliphatic carbocycles. The van der Waals surface area contributed by atoms with Gasteiger partial charge in [-0.25, -0.2) is 4.39 Å². The Hall–Kier alpha value is -2.67. The molecule has 2 N–H and O–H groups in total. The third-order valence-electron chi connectivity index (χ3n) is 2.98. The van der Waals surface area contributed by atoms with E-state index in [4.69, 9.17) is 21.7 Å². The fraction of sp³-hybridized carbons (Fsp3) is 0.125. The molecule has 0 heterocycles. The number of carbonyl (C=O) groups is 1.